The van der Waals surface area contributed by atoms with Crippen LogP contribution in [0.2, 0.25) is 0 Å². The van der Waals surface area contributed by atoms with Crippen molar-refractivity contribution in [1.82, 2.24) is 14.4 Å². The van der Waals surface area contributed by atoms with Crippen LogP contribution in [0.25, 0.3) is 0 Å². The zero-order valence-electron chi connectivity index (χ0n) is 18.5. The predicted molar refractivity (Wildman–Crippen MR) is 117 cm³/mol. The lowest BCUT2D eigenvalue weighted by molar-refractivity contribution is -0.143. The molecule has 2 amide bonds. The summed E-state index contributed by atoms with van der Waals surface area (Å²) in [5, 5.41) is 0. The first kappa shape index (κ1) is 21.9. The van der Waals surface area contributed by atoms with Crippen LogP contribution in [0.3, 0.4) is 0 Å². The van der Waals surface area contributed by atoms with Gasteiger partial charge in [0.25, 0.3) is 0 Å². The molecule has 6 nitrogen and oxygen atoms in total. The van der Waals surface area contributed by atoms with Gasteiger partial charge in [-0.3, -0.25) is 9.59 Å². The maximum absolute atomic E-state index is 13.5. The van der Waals surface area contributed by atoms with Crippen LogP contribution in [-0.4, -0.2) is 52.4 Å². The van der Waals surface area contributed by atoms with E-state index in [4.69, 9.17) is 4.74 Å². The number of ether oxygens (including phenoxy) is 1. The van der Waals surface area contributed by atoms with Crippen molar-refractivity contribution in [1.29, 1.82) is 0 Å². The molecule has 0 N–H and O–H groups in total. The van der Waals surface area contributed by atoms with Crippen molar-refractivity contribution in [2.24, 2.45) is 0 Å². The van der Waals surface area contributed by atoms with Gasteiger partial charge in [-0.25, -0.2) is 0 Å². The number of nitrogens with zero attached hydrogens (tertiary/aromatic N) is 3. The molecule has 1 aromatic carbocycles. The Morgan fingerprint density at radius 2 is 2.00 bits per heavy atom. The van der Waals surface area contributed by atoms with Gasteiger partial charge in [0, 0.05) is 37.4 Å². The molecule has 0 bridgehead atoms. The van der Waals surface area contributed by atoms with Crippen LogP contribution in [0.15, 0.2) is 42.6 Å². The van der Waals surface area contributed by atoms with Crippen LogP contribution in [0, 0.1) is 0 Å². The Labute approximate surface area is 179 Å². The molecule has 0 saturated heterocycles. The largest absolute Gasteiger partial charge is 0.497 e. The average molecular weight is 412 g/mol. The summed E-state index contributed by atoms with van der Waals surface area (Å²) in [6, 6.07) is 11.8. The molecule has 162 valence electrons. The van der Waals surface area contributed by atoms with Gasteiger partial charge < -0.3 is 19.1 Å². The molecule has 2 aromatic rings. The van der Waals surface area contributed by atoms with Crippen LogP contribution in [0.4, 0.5) is 0 Å². The minimum Gasteiger partial charge on any atom is -0.497 e. The summed E-state index contributed by atoms with van der Waals surface area (Å²) >= 11 is 0. The molecule has 1 atom stereocenters. The maximum Gasteiger partial charge on any atom is 0.243 e. The molecule has 1 aromatic heterocycles. The van der Waals surface area contributed by atoms with Crippen molar-refractivity contribution in [2.45, 2.75) is 58.7 Å². The molecule has 3 rings (SSSR count). The van der Waals surface area contributed by atoms with Gasteiger partial charge in [-0.2, -0.15) is 0 Å². The molecule has 0 aliphatic carbocycles. The Hall–Kier alpha value is -2.76. The number of carbonyl (C=O) groups excluding carboxylic acids is 2. The third kappa shape index (κ3) is 4.69. The van der Waals surface area contributed by atoms with E-state index in [9.17, 15) is 9.59 Å². The molecule has 1 aliphatic rings. The minimum absolute atomic E-state index is 0.0118. The van der Waals surface area contributed by atoms with E-state index in [0.717, 1.165) is 36.4 Å². The number of methoxy groups -OCH3 is 1. The smallest absolute Gasteiger partial charge is 0.243 e. The van der Waals surface area contributed by atoms with E-state index >= 15 is 0 Å². The van der Waals surface area contributed by atoms with Crippen molar-refractivity contribution in [2.75, 3.05) is 20.2 Å². The third-order valence-electron chi connectivity index (χ3n) is 5.76. The summed E-state index contributed by atoms with van der Waals surface area (Å²) < 4.78 is 7.61. The first-order valence-electron chi connectivity index (χ1n) is 10.8. The fourth-order valence-electron chi connectivity index (χ4n) is 4.08. The molecular weight excluding hydrogens is 378 g/mol. The molecule has 30 heavy (non-hydrogen) atoms. The lowest BCUT2D eigenvalue weighted by Gasteiger charge is -2.39. The van der Waals surface area contributed by atoms with Crippen molar-refractivity contribution < 1.29 is 14.3 Å². The Bertz CT molecular complexity index is 874. The molecule has 0 saturated carbocycles. The molecule has 0 radical (unpaired) electrons. The van der Waals surface area contributed by atoms with Gasteiger partial charge >= 0.3 is 0 Å². The van der Waals surface area contributed by atoms with Gasteiger partial charge in [-0.15, -0.1) is 0 Å². The summed E-state index contributed by atoms with van der Waals surface area (Å²) in [4.78, 5) is 29.8. The van der Waals surface area contributed by atoms with Crippen molar-refractivity contribution in [3.05, 3.63) is 53.9 Å². The standard InChI is InChI=1S/C24H33N3O3/c1-5-6-12-22(28)27(18(2)3)17-23(29)26-15-14-25-13-8-11-21(25)24(26)19-9-7-10-20(16-19)30-4/h7-11,13,16,18,24H,5-6,12,14-15,17H2,1-4H3. The highest BCUT2D eigenvalue weighted by molar-refractivity contribution is 5.85. The second-order valence-corrected chi connectivity index (χ2v) is 8.11. The number of fused-ring (bicyclic) bond motifs is 1. The summed E-state index contributed by atoms with van der Waals surface area (Å²) in [6.07, 6.45) is 4.36. The number of aromatic nitrogens is 1. The first-order chi connectivity index (χ1) is 14.5. The van der Waals surface area contributed by atoms with Gasteiger partial charge in [-0.1, -0.05) is 25.5 Å². The molecule has 1 unspecified atom stereocenters. The number of benzene rings is 1. The zero-order valence-corrected chi connectivity index (χ0v) is 18.5. The predicted octanol–water partition coefficient (Wildman–Crippen LogP) is 3.86. The number of carbonyl (C=O) groups is 2. The highest BCUT2D eigenvalue weighted by atomic mass is 16.5. The zero-order chi connectivity index (χ0) is 21.7. The minimum atomic E-state index is -0.198. The second kappa shape index (κ2) is 9.83. The van der Waals surface area contributed by atoms with E-state index in [2.05, 4.69) is 23.8 Å². The first-order valence-corrected chi connectivity index (χ1v) is 10.8. The quantitative estimate of drug-likeness (QED) is 0.663. The summed E-state index contributed by atoms with van der Waals surface area (Å²) in [7, 11) is 1.65. The molecular formula is C24H33N3O3. The van der Waals surface area contributed by atoms with E-state index < -0.39 is 0 Å². The van der Waals surface area contributed by atoms with Gasteiger partial charge in [0.15, 0.2) is 0 Å². The molecule has 1 aliphatic heterocycles. The van der Waals surface area contributed by atoms with E-state index in [1.54, 1.807) is 12.0 Å². The maximum atomic E-state index is 13.5. The van der Waals surface area contributed by atoms with Gasteiger partial charge in [0.05, 0.1) is 13.2 Å². The fraction of sp³-hybridized carbons (Fsp3) is 0.500. The molecule has 0 fully saturated rings. The topological polar surface area (TPSA) is 54.8 Å². The normalized spacial score (nSPS) is 15.8. The van der Waals surface area contributed by atoms with Crippen molar-refractivity contribution >= 4 is 11.8 Å². The van der Waals surface area contributed by atoms with E-state index in [-0.39, 0.29) is 30.4 Å². The van der Waals surface area contributed by atoms with Crippen molar-refractivity contribution in [3.8, 4) is 5.75 Å². The molecule has 0 spiro atoms. The van der Waals surface area contributed by atoms with E-state index in [0.29, 0.717) is 13.0 Å². The Balaban J connectivity index is 1.88. The summed E-state index contributed by atoms with van der Waals surface area (Å²) in [5.41, 5.74) is 2.09. The summed E-state index contributed by atoms with van der Waals surface area (Å²) in [5.74, 6) is 0.800. The van der Waals surface area contributed by atoms with E-state index in [1.165, 1.54) is 0 Å². The number of unbranched alkanes of at least 4 members (excludes halogenated alkanes) is 1. The average Bonchev–Trinajstić information content (AvgIpc) is 3.23. The lowest BCUT2D eigenvalue weighted by atomic mass is 9.99. The van der Waals surface area contributed by atoms with Crippen LogP contribution < -0.4 is 4.74 Å². The van der Waals surface area contributed by atoms with Crippen LogP contribution in [0.1, 0.15) is 57.3 Å². The van der Waals surface area contributed by atoms with Gasteiger partial charge in [-0.05, 0) is 50.1 Å². The monoisotopic (exact) mass is 411 g/mol. The second-order valence-electron chi connectivity index (χ2n) is 8.11. The van der Waals surface area contributed by atoms with Gasteiger partial charge in [0.2, 0.25) is 11.8 Å². The van der Waals surface area contributed by atoms with Crippen molar-refractivity contribution in [3.63, 3.8) is 0 Å². The SMILES string of the molecule is CCCCC(=O)N(CC(=O)N1CCn2cccc2C1c1cccc(OC)c1)C(C)C. The number of rotatable bonds is 8. The number of hydrogen-bond acceptors (Lipinski definition) is 3. The van der Waals surface area contributed by atoms with E-state index in [1.807, 2.05) is 49.1 Å². The van der Waals surface area contributed by atoms with Crippen LogP contribution >= 0.6 is 0 Å². The molecule has 6 heteroatoms. The van der Waals surface area contributed by atoms with Crippen LogP contribution in [0.5, 0.6) is 5.75 Å². The Morgan fingerprint density at radius 1 is 1.20 bits per heavy atom. The third-order valence-corrected chi connectivity index (χ3v) is 5.76. The highest BCUT2D eigenvalue weighted by Crippen LogP contribution is 2.34. The van der Waals surface area contributed by atoms with Gasteiger partial charge in [0.1, 0.15) is 12.3 Å². The highest BCUT2D eigenvalue weighted by Gasteiger charge is 2.34. The summed E-state index contributed by atoms with van der Waals surface area (Å²) in [6.45, 7) is 7.48. The Kier molecular flexibility index (Phi) is 7.19. The lowest BCUT2D eigenvalue weighted by Crippen LogP contribution is -2.49. The fourth-order valence-corrected chi connectivity index (χ4v) is 4.08. The molecule has 2 heterocycles. The number of amides is 2. The Morgan fingerprint density at radius 3 is 2.70 bits per heavy atom. The van der Waals surface area contributed by atoms with Crippen LogP contribution in [-0.2, 0) is 16.1 Å². The number of hydrogen-bond donors (Lipinski definition) is 0.